The number of nitrogens with zero attached hydrogens (tertiary/aromatic N) is 2. The molecular weight excluding hydrogens is 433 g/mol. The minimum atomic E-state index is -3.93. The Labute approximate surface area is 187 Å². The van der Waals surface area contributed by atoms with Crippen molar-refractivity contribution in [1.29, 1.82) is 0 Å². The zero-order valence-corrected chi connectivity index (χ0v) is 19.1. The molecule has 0 spiro atoms. The van der Waals surface area contributed by atoms with Gasteiger partial charge in [0.05, 0.1) is 11.4 Å². The van der Waals surface area contributed by atoms with Crippen LogP contribution in [-0.2, 0) is 26.0 Å². The molecule has 4 rings (SSSR count). The molecule has 2 aromatic carbocycles. The Balaban J connectivity index is 1.48. The van der Waals surface area contributed by atoms with Crippen LogP contribution in [0.4, 0.5) is 15.8 Å². The maximum absolute atomic E-state index is 13.7. The van der Waals surface area contributed by atoms with Crippen LogP contribution in [0.5, 0.6) is 0 Å². The molecule has 32 heavy (non-hydrogen) atoms. The molecule has 2 amide bonds. The van der Waals surface area contributed by atoms with E-state index in [9.17, 15) is 22.4 Å². The number of amides is 2. The number of fused-ring (bicyclic) bond motifs is 1. The van der Waals surface area contributed by atoms with Crippen LogP contribution in [0.25, 0.3) is 0 Å². The van der Waals surface area contributed by atoms with Gasteiger partial charge in [0, 0.05) is 30.4 Å². The third-order valence-corrected chi connectivity index (χ3v) is 7.76. The van der Waals surface area contributed by atoms with Crippen molar-refractivity contribution >= 4 is 33.2 Å². The van der Waals surface area contributed by atoms with Gasteiger partial charge in [0.15, 0.2) is 0 Å². The topological polar surface area (TPSA) is 86.8 Å². The van der Waals surface area contributed by atoms with E-state index in [4.69, 9.17) is 0 Å². The normalized spacial score (nSPS) is 18.0. The Morgan fingerprint density at radius 1 is 1.19 bits per heavy atom. The van der Waals surface area contributed by atoms with Crippen molar-refractivity contribution in [2.45, 2.75) is 44.0 Å². The number of likely N-dealkylation sites (N-methyl/N-ethyl adjacent to an activating group) is 1. The van der Waals surface area contributed by atoms with E-state index < -0.39 is 28.3 Å². The molecule has 1 aliphatic heterocycles. The molecule has 1 fully saturated rings. The van der Waals surface area contributed by atoms with E-state index in [1.807, 2.05) is 6.92 Å². The van der Waals surface area contributed by atoms with Gasteiger partial charge in [-0.3, -0.25) is 9.59 Å². The van der Waals surface area contributed by atoms with Gasteiger partial charge in [0.1, 0.15) is 5.82 Å². The predicted octanol–water partition coefficient (Wildman–Crippen LogP) is 3.08. The van der Waals surface area contributed by atoms with Crippen molar-refractivity contribution in [2.24, 2.45) is 5.92 Å². The number of anilines is 2. The van der Waals surface area contributed by atoms with Crippen LogP contribution in [-0.4, -0.2) is 44.2 Å². The number of aryl methyl sites for hydroxylation is 1. The maximum atomic E-state index is 13.7. The summed E-state index contributed by atoms with van der Waals surface area (Å²) in [5, 5.41) is 2.52. The molecule has 0 radical (unpaired) electrons. The largest absolute Gasteiger partial charge is 0.325 e. The Hall–Kier alpha value is -2.78. The van der Waals surface area contributed by atoms with Gasteiger partial charge in [-0.1, -0.05) is 6.07 Å². The molecule has 0 saturated heterocycles. The smallest absolute Gasteiger partial charge is 0.243 e. The number of sulfonamides is 1. The molecule has 1 unspecified atom stereocenters. The Bertz CT molecular complexity index is 1190. The third-order valence-electron chi connectivity index (χ3n) is 5.96. The van der Waals surface area contributed by atoms with Crippen LogP contribution in [0.2, 0.25) is 0 Å². The van der Waals surface area contributed by atoms with Crippen LogP contribution < -0.4 is 10.2 Å². The van der Waals surface area contributed by atoms with Gasteiger partial charge in [0.2, 0.25) is 21.8 Å². The minimum Gasteiger partial charge on any atom is -0.325 e. The fraction of sp³-hybridized carbons (Fsp3) is 0.391. The SMILES string of the molecule is Cc1ccc(NC(=O)CN(C)S(=O)(=O)c2ccc3c(c2)CC(C)N3C(=O)C2CC2)cc1F. The highest BCUT2D eigenvalue weighted by molar-refractivity contribution is 7.89. The van der Waals surface area contributed by atoms with Gasteiger partial charge >= 0.3 is 0 Å². The van der Waals surface area contributed by atoms with Gasteiger partial charge in [-0.15, -0.1) is 0 Å². The highest BCUT2D eigenvalue weighted by Gasteiger charge is 2.40. The van der Waals surface area contributed by atoms with Crippen LogP contribution in [0, 0.1) is 18.7 Å². The summed E-state index contributed by atoms with van der Waals surface area (Å²) in [6, 6.07) is 9.01. The first-order chi connectivity index (χ1) is 15.1. The van der Waals surface area contributed by atoms with Gasteiger partial charge in [-0.2, -0.15) is 4.31 Å². The lowest BCUT2D eigenvalue weighted by molar-refractivity contribution is -0.120. The first-order valence-electron chi connectivity index (χ1n) is 10.6. The average Bonchev–Trinajstić information content (AvgIpc) is 3.52. The lowest BCUT2D eigenvalue weighted by atomic mass is 10.1. The molecule has 1 N–H and O–H groups in total. The summed E-state index contributed by atoms with van der Waals surface area (Å²) < 4.78 is 40.7. The van der Waals surface area contributed by atoms with Gasteiger partial charge in [0.25, 0.3) is 0 Å². The second kappa shape index (κ2) is 8.29. The van der Waals surface area contributed by atoms with Crippen molar-refractivity contribution in [3.05, 3.63) is 53.3 Å². The van der Waals surface area contributed by atoms with Crippen LogP contribution in [0.15, 0.2) is 41.3 Å². The Morgan fingerprint density at radius 3 is 2.56 bits per heavy atom. The minimum absolute atomic E-state index is 0.0190. The Kier molecular flexibility index (Phi) is 5.81. The van der Waals surface area contributed by atoms with Crippen LogP contribution >= 0.6 is 0 Å². The summed E-state index contributed by atoms with van der Waals surface area (Å²) in [5.41, 5.74) is 2.28. The summed E-state index contributed by atoms with van der Waals surface area (Å²) >= 11 is 0. The fourth-order valence-electron chi connectivity index (χ4n) is 3.97. The number of benzene rings is 2. The van der Waals surface area contributed by atoms with Crippen molar-refractivity contribution in [3.63, 3.8) is 0 Å². The molecule has 7 nitrogen and oxygen atoms in total. The fourth-order valence-corrected chi connectivity index (χ4v) is 5.15. The highest BCUT2D eigenvalue weighted by Crippen LogP contribution is 2.39. The van der Waals surface area contributed by atoms with E-state index in [1.54, 1.807) is 30.0 Å². The summed E-state index contributed by atoms with van der Waals surface area (Å²) in [7, 11) is -2.60. The van der Waals surface area contributed by atoms with E-state index >= 15 is 0 Å². The number of nitrogens with one attached hydrogen (secondary N) is 1. The first kappa shape index (κ1) is 22.4. The van der Waals surface area contributed by atoms with Gasteiger partial charge in [-0.05, 0) is 74.6 Å². The summed E-state index contributed by atoms with van der Waals surface area (Å²) in [6.07, 6.45) is 2.40. The maximum Gasteiger partial charge on any atom is 0.243 e. The lowest BCUT2D eigenvalue weighted by Gasteiger charge is -2.23. The number of carbonyl (C=O) groups is 2. The molecule has 0 bridgehead atoms. The van der Waals surface area contributed by atoms with E-state index in [-0.39, 0.29) is 28.4 Å². The van der Waals surface area contributed by atoms with E-state index in [0.717, 1.165) is 28.4 Å². The molecule has 170 valence electrons. The molecule has 1 saturated carbocycles. The monoisotopic (exact) mass is 459 g/mol. The zero-order valence-electron chi connectivity index (χ0n) is 18.3. The molecule has 9 heteroatoms. The third kappa shape index (κ3) is 4.27. The Morgan fingerprint density at radius 2 is 1.91 bits per heavy atom. The van der Waals surface area contributed by atoms with Gasteiger partial charge < -0.3 is 10.2 Å². The number of halogens is 1. The standard InChI is InChI=1S/C23H26FN3O4S/c1-14-4-7-18(12-20(14)24)25-22(28)13-26(3)32(30,31)19-8-9-21-17(11-19)10-15(2)27(21)23(29)16-5-6-16/h4,7-9,11-12,15-16H,5-6,10,13H2,1-3H3,(H,25,28). The second-order valence-corrected chi connectivity index (χ2v) is 10.6. The van der Waals surface area contributed by atoms with Crippen molar-refractivity contribution in [2.75, 3.05) is 23.8 Å². The van der Waals surface area contributed by atoms with E-state index in [2.05, 4.69) is 5.32 Å². The summed E-state index contributed by atoms with van der Waals surface area (Å²) in [6.45, 7) is 3.15. The predicted molar refractivity (Wildman–Crippen MR) is 119 cm³/mol. The molecule has 0 aromatic heterocycles. The summed E-state index contributed by atoms with van der Waals surface area (Å²) in [4.78, 5) is 26.8. The molecule has 1 heterocycles. The lowest BCUT2D eigenvalue weighted by Crippen LogP contribution is -2.36. The second-order valence-electron chi connectivity index (χ2n) is 8.60. The number of hydrogen-bond acceptors (Lipinski definition) is 4. The van der Waals surface area contributed by atoms with Crippen molar-refractivity contribution < 1.29 is 22.4 Å². The van der Waals surface area contributed by atoms with Crippen molar-refractivity contribution in [1.82, 2.24) is 4.31 Å². The average molecular weight is 460 g/mol. The molecular formula is C23H26FN3O4S. The van der Waals surface area contributed by atoms with E-state index in [1.165, 1.54) is 25.2 Å². The number of carbonyl (C=O) groups excluding carboxylic acids is 2. The summed E-state index contributed by atoms with van der Waals surface area (Å²) in [5.74, 6) is -0.840. The number of rotatable bonds is 6. The van der Waals surface area contributed by atoms with Crippen molar-refractivity contribution in [3.8, 4) is 0 Å². The van der Waals surface area contributed by atoms with Crippen LogP contribution in [0.1, 0.15) is 30.9 Å². The molecule has 1 atom stereocenters. The quantitative estimate of drug-likeness (QED) is 0.719. The molecule has 2 aromatic rings. The molecule has 1 aliphatic carbocycles. The van der Waals surface area contributed by atoms with Crippen LogP contribution in [0.3, 0.4) is 0 Å². The van der Waals surface area contributed by atoms with Gasteiger partial charge in [-0.25, -0.2) is 12.8 Å². The van der Waals surface area contributed by atoms with E-state index in [0.29, 0.717) is 12.0 Å². The molecule has 2 aliphatic rings. The highest BCUT2D eigenvalue weighted by atomic mass is 32.2. The zero-order chi connectivity index (χ0) is 23.2. The number of hydrogen-bond donors (Lipinski definition) is 1. The first-order valence-corrected chi connectivity index (χ1v) is 12.0.